The first-order valence-corrected chi connectivity index (χ1v) is 8.29. The fraction of sp³-hybridized carbons (Fsp3) is 0.647. The highest BCUT2D eigenvalue weighted by atomic mass is 79.9. The van der Waals surface area contributed by atoms with Gasteiger partial charge in [0.25, 0.3) is 0 Å². The van der Waals surface area contributed by atoms with Gasteiger partial charge in [0, 0.05) is 10.5 Å². The van der Waals surface area contributed by atoms with E-state index in [-0.39, 0.29) is 0 Å². The minimum atomic E-state index is 0.611. The van der Waals surface area contributed by atoms with Gasteiger partial charge in [-0.1, -0.05) is 41.9 Å². The highest BCUT2D eigenvalue weighted by Gasteiger charge is 2.29. The van der Waals surface area contributed by atoms with Crippen LogP contribution in [0.5, 0.6) is 0 Å². The lowest BCUT2D eigenvalue weighted by Crippen LogP contribution is -2.39. The summed E-state index contributed by atoms with van der Waals surface area (Å²) in [6, 6.07) is 9.34. The predicted octanol–water partition coefficient (Wildman–Crippen LogP) is 4.65. The minimum absolute atomic E-state index is 0.611. The molecule has 1 aromatic carbocycles. The molecule has 19 heavy (non-hydrogen) atoms. The molecule has 1 N–H and O–H groups in total. The van der Waals surface area contributed by atoms with Gasteiger partial charge in [-0.3, -0.25) is 0 Å². The van der Waals surface area contributed by atoms with Crippen molar-refractivity contribution in [2.45, 2.75) is 45.6 Å². The van der Waals surface area contributed by atoms with Gasteiger partial charge in [0.15, 0.2) is 0 Å². The molecule has 3 unspecified atom stereocenters. The van der Waals surface area contributed by atoms with E-state index in [9.17, 15) is 0 Å². The summed E-state index contributed by atoms with van der Waals surface area (Å²) in [7, 11) is 2.12. The van der Waals surface area contributed by atoms with Crippen molar-refractivity contribution in [2.75, 3.05) is 7.05 Å². The molecule has 106 valence electrons. The van der Waals surface area contributed by atoms with Crippen LogP contribution in [0.1, 0.15) is 38.7 Å². The van der Waals surface area contributed by atoms with E-state index in [0.717, 1.165) is 24.2 Å². The van der Waals surface area contributed by atoms with Crippen molar-refractivity contribution < 1.29 is 0 Å². The van der Waals surface area contributed by atoms with Gasteiger partial charge in [-0.2, -0.15) is 0 Å². The zero-order chi connectivity index (χ0) is 13.8. The third kappa shape index (κ3) is 4.32. The van der Waals surface area contributed by atoms with Gasteiger partial charge in [0.1, 0.15) is 0 Å². The summed E-state index contributed by atoms with van der Waals surface area (Å²) in [6.45, 7) is 4.82. The number of hydrogen-bond donors (Lipinski definition) is 1. The van der Waals surface area contributed by atoms with Crippen molar-refractivity contribution in [1.82, 2.24) is 5.32 Å². The maximum Gasteiger partial charge on any atom is 0.0178 e. The molecule has 0 radical (unpaired) electrons. The first-order chi connectivity index (χ1) is 9.08. The largest absolute Gasteiger partial charge is 0.316 e. The van der Waals surface area contributed by atoms with Gasteiger partial charge < -0.3 is 5.32 Å². The molecule has 2 heteroatoms. The summed E-state index contributed by atoms with van der Waals surface area (Å²) in [4.78, 5) is 0. The molecule has 1 fully saturated rings. The van der Waals surface area contributed by atoms with Crippen molar-refractivity contribution in [1.29, 1.82) is 0 Å². The first kappa shape index (κ1) is 15.1. The van der Waals surface area contributed by atoms with E-state index >= 15 is 0 Å². The normalized spacial score (nSPS) is 29.2. The molecule has 0 bridgehead atoms. The Morgan fingerprint density at radius 1 is 1.21 bits per heavy atom. The van der Waals surface area contributed by atoms with E-state index in [4.69, 9.17) is 0 Å². The molecule has 1 nitrogen and oxygen atoms in total. The van der Waals surface area contributed by atoms with Gasteiger partial charge in [0.05, 0.1) is 0 Å². The molecule has 0 heterocycles. The number of benzene rings is 1. The van der Waals surface area contributed by atoms with Gasteiger partial charge in [0.2, 0.25) is 0 Å². The van der Waals surface area contributed by atoms with E-state index in [2.05, 4.69) is 66.4 Å². The van der Waals surface area contributed by atoms with Crippen molar-refractivity contribution in [2.24, 2.45) is 17.8 Å². The number of likely N-dealkylation sites (N-methyl/N-ethyl adjacent to an activating group) is 1. The quantitative estimate of drug-likeness (QED) is 0.850. The highest BCUT2D eigenvalue weighted by Crippen LogP contribution is 2.35. The summed E-state index contributed by atoms with van der Waals surface area (Å²) >= 11 is 3.57. The fourth-order valence-corrected chi connectivity index (χ4v) is 4.21. The highest BCUT2D eigenvalue weighted by molar-refractivity contribution is 9.10. The van der Waals surface area contributed by atoms with Crippen LogP contribution in [0, 0.1) is 17.8 Å². The molecule has 2 rings (SSSR count). The van der Waals surface area contributed by atoms with Crippen molar-refractivity contribution in [3.05, 3.63) is 34.3 Å². The predicted molar refractivity (Wildman–Crippen MR) is 86.4 cm³/mol. The second-order valence-electron chi connectivity index (χ2n) is 6.41. The molecular formula is C17H26BrN. The Hall–Kier alpha value is -0.340. The number of nitrogens with one attached hydrogen (secondary N) is 1. The lowest BCUT2D eigenvalue weighted by Gasteiger charge is -2.36. The molecule has 1 aliphatic carbocycles. The smallest absolute Gasteiger partial charge is 0.0178 e. The standard InChI is InChI=1S/C17H26BrN/c1-12-7-13(2)9-15(8-12)17(19-3)11-14-5-4-6-16(18)10-14/h4-6,10,12-13,15,17,19H,7-9,11H2,1-3H3. The molecule has 0 amide bonds. The molecule has 1 aromatic rings. The molecule has 0 saturated heterocycles. The van der Waals surface area contributed by atoms with E-state index in [1.54, 1.807) is 0 Å². The average Bonchev–Trinajstić information content (AvgIpc) is 2.34. The monoisotopic (exact) mass is 323 g/mol. The maximum absolute atomic E-state index is 3.57. The van der Waals surface area contributed by atoms with Crippen molar-refractivity contribution in [3.63, 3.8) is 0 Å². The topological polar surface area (TPSA) is 12.0 Å². The lowest BCUT2D eigenvalue weighted by atomic mass is 9.73. The lowest BCUT2D eigenvalue weighted by molar-refractivity contribution is 0.179. The van der Waals surface area contributed by atoms with Crippen LogP contribution in [0.15, 0.2) is 28.7 Å². The molecule has 0 aliphatic heterocycles. The summed E-state index contributed by atoms with van der Waals surface area (Å²) in [6.07, 6.45) is 5.30. The summed E-state index contributed by atoms with van der Waals surface area (Å²) in [5.74, 6) is 2.59. The van der Waals surface area contributed by atoms with Gasteiger partial charge >= 0.3 is 0 Å². The molecule has 1 aliphatic rings. The Morgan fingerprint density at radius 3 is 2.47 bits per heavy atom. The van der Waals surface area contributed by atoms with Crippen molar-refractivity contribution in [3.8, 4) is 0 Å². The Morgan fingerprint density at radius 2 is 1.89 bits per heavy atom. The van der Waals surface area contributed by atoms with E-state index < -0.39 is 0 Å². The Balaban J connectivity index is 2.03. The fourth-order valence-electron chi connectivity index (χ4n) is 3.76. The van der Waals surface area contributed by atoms with Crippen LogP contribution in [0.2, 0.25) is 0 Å². The number of halogens is 1. The van der Waals surface area contributed by atoms with Crippen LogP contribution in [0.25, 0.3) is 0 Å². The molecule has 3 atom stereocenters. The molecule has 0 spiro atoms. The van der Waals surface area contributed by atoms with Crippen LogP contribution in [-0.4, -0.2) is 13.1 Å². The Labute approximate surface area is 126 Å². The second-order valence-corrected chi connectivity index (χ2v) is 7.32. The van der Waals surface area contributed by atoms with Crippen LogP contribution in [0.3, 0.4) is 0 Å². The minimum Gasteiger partial charge on any atom is -0.316 e. The van der Waals surface area contributed by atoms with Gasteiger partial charge in [-0.15, -0.1) is 0 Å². The number of rotatable bonds is 4. The van der Waals surface area contributed by atoms with Crippen molar-refractivity contribution >= 4 is 15.9 Å². The molecule has 1 saturated carbocycles. The number of hydrogen-bond acceptors (Lipinski definition) is 1. The zero-order valence-electron chi connectivity index (χ0n) is 12.3. The van der Waals surface area contributed by atoms with Gasteiger partial charge in [-0.25, -0.2) is 0 Å². The van der Waals surface area contributed by atoms with E-state index in [1.807, 2.05) is 0 Å². The summed E-state index contributed by atoms with van der Waals surface area (Å²) in [5.41, 5.74) is 1.43. The van der Waals surface area contributed by atoms with Crippen LogP contribution < -0.4 is 5.32 Å². The second kappa shape index (κ2) is 6.90. The summed E-state index contributed by atoms with van der Waals surface area (Å²) < 4.78 is 1.19. The molecular weight excluding hydrogens is 298 g/mol. The van der Waals surface area contributed by atoms with Crippen LogP contribution in [-0.2, 0) is 6.42 Å². The Bertz CT molecular complexity index is 394. The Kier molecular flexibility index (Phi) is 5.47. The van der Waals surface area contributed by atoms with E-state index in [1.165, 1.54) is 29.3 Å². The third-order valence-corrected chi connectivity index (χ3v) is 4.99. The van der Waals surface area contributed by atoms with Gasteiger partial charge in [-0.05, 0) is 68.2 Å². The molecule has 0 aromatic heterocycles. The zero-order valence-corrected chi connectivity index (χ0v) is 13.9. The summed E-state index contributed by atoms with van der Waals surface area (Å²) in [5, 5.41) is 3.57. The first-order valence-electron chi connectivity index (χ1n) is 7.50. The third-order valence-electron chi connectivity index (χ3n) is 4.50. The van der Waals surface area contributed by atoms with Crippen LogP contribution in [0.4, 0.5) is 0 Å². The maximum atomic E-state index is 3.57. The SMILES string of the molecule is CNC(Cc1cccc(Br)c1)C1CC(C)CC(C)C1. The van der Waals surface area contributed by atoms with E-state index in [0.29, 0.717) is 6.04 Å². The average molecular weight is 324 g/mol. The van der Waals surface area contributed by atoms with Crippen LogP contribution >= 0.6 is 15.9 Å².